The lowest BCUT2D eigenvalue weighted by Crippen LogP contribution is -2.19. The predicted molar refractivity (Wildman–Crippen MR) is 63.9 cm³/mol. The molecule has 2 aromatic rings. The van der Waals surface area contributed by atoms with Gasteiger partial charge in [0.15, 0.2) is 18.3 Å². The van der Waals surface area contributed by atoms with Gasteiger partial charge in [0.1, 0.15) is 11.3 Å². The van der Waals surface area contributed by atoms with Crippen molar-refractivity contribution >= 4 is 17.2 Å². The van der Waals surface area contributed by atoms with Crippen LogP contribution in [0.5, 0.6) is 0 Å². The molecule has 1 unspecified atom stereocenters. The fourth-order valence-corrected chi connectivity index (χ4v) is 2.40. The lowest BCUT2D eigenvalue weighted by Gasteiger charge is -2.23. The van der Waals surface area contributed by atoms with Crippen LogP contribution in [-0.4, -0.2) is 22.7 Å². The number of aldehydes is 1. The van der Waals surface area contributed by atoms with E-state index in [1.165, 1.54) is 10.9 Å². The Morgan fingerprint density at radius 2 is 2.26 bits per heavy atom. The highest BCUT2D eigenvalue weighted by molar-refractivity contribution is 5.87. The Kier molecular flexibility index (Phi) is 3.02. The molecule has 1 atom stereocenters. The number of halogens is 2. The Morgan fingerprint density at radius 3 is 2.95 bits per heavy atom. The molecule has 1 aliphatic rings. The van der Waals surface area contributed by atoms with Crippen LogP contribution in [0.2, 0.25) is 0 Å². The molecule has 0 radical (unpaired) electrons. The number of aromatic nitrogens is 2. The van der Waals surface area contributed by atoms with Gasteiger partial charge in [0.25, 0.3) is 0 Å². The average molecular weight is 266 g/mol. The van der Waals surface area contributed by atoms with Gasteiger partial charge in [-0.1, -0.05) is 0 Å². The van der Waals surface area contributed by atoms with E-state index in [1.54, 1.807) is 0 Å². The minimum Gasteiger partial charge on any atom is -0.356 e. The monoisotopic (exact) mass is 266 g/mol. The molecule has 4 nitrogen and oxygen atoms in total. The first-order valence-corrected chi connectivity index (χ1v) is 6.14. The van der Waals surface area contributed by atoms with Crippen molar-refractivity contribution in [1.29, 1.82) is 0 Å². The summed E-state index contributed by atoms with van der Waals surface area (Å²) in [5, 5.41) is 4.39. The van der Waals surface area contributed by atoms with Crippen LogP contribution in [0.3, 0.4) is 0 Å². The van der Waals surface area contributed by atoms with Crippen LogP contribution in [-0.2, 0) is 4.74 Å². The SMILES string of the molecule is O=Cc1c(F)cc2cnn(C3CCCCO3)c2c1F. The number of ether oxygens (including phenoxy) is 1. The molecule has 2 heterocycles. The quantitative estimate of drug-likeness (QED) is 0.785. The molecule has 1 saturated heterocycles. The van der Waals surface area contributed by atoms with Crippen molar-refractivity contribution in [3.05, 3.63) is 29.5 Å². The van der Waals surface area contributed by atoms with Crippen molar-refractivity contribution in [2.45, 2.75) is 25.5 Å². The van der Waals surface area contributed by atoms with Crippen LogP contribution in [0.25, 0.3) is 10.9 Å². The third kappa shape index (κ3) is 1.92. The van der Waals surface area contributed by atoms with E-state index in [0.717, 1.165) is 25.3 Å². The van der Waals surface area contributed by atoms with Gasteiger partial charge < -0.3 is 4.74 Å². The molecule has 0 saturated carbocycles. The standard InChI is InChI=1S/C13H12F2N2O2/c14-10-5-8-6-16-17(11-3-1-2-4-19-11)13(8)12(15)9(10)7-18/h5-7,11H,1-4H2. The van der Waals surface area contributed by atoms with Gasteiger partial charge in [0, 0.05) is 12.0 Å². The first kappa shape index (κ1) is 12.2. The minimum absolute atomic E-state index is 0.121. The molecular formula is C13H12F2N2O2. The van der Waals surface area contributed by atoms with E-state index >= 15 is 0 Å². The van der Waals surface area contributed by atoms with Crippen molar-refractivity contribution in [2.75, 3.05) is 6.61 Å². The molecule has 0 aliphatic carbocycles. The maximum absolute atomic E-state index is 14.2. The van der Waals surface area contributed by atoms with Crippen molar-refractivity contribution < 1.29 is 18.3 Å². The molecule has 100 valence electrons. The lowest BCUT2D eigenvalue weighted by molar-refractivity contribution is -0.0369. The van der Waals surface area contributed by atoms with Crippen LogP contribution in [0.1, 0.15) is 35.8 Å². The van der Waals surface area contributed by atoms with Crippen molar-refractivity contribution in [3.8, 4) is 0 Å². The molecular weight excluding hydrogens is 254 g/mol. The van der Waals surface area contributed by atoms with Crippen LogP contribution in [0.15, 0.2) is 12.3 Å². The topological polar surface area (TPSA) is 44.1 Å². The van der Waals surface area contributed by atoms with Crippen LogP contribution in [0, 0.1) is 11.6 Å². The number of carbonyl (C=O) groups is 1. The van der Waals surface area contributed by atoms with E-state index in [4.69, 9.17) is 4.74 Å². The minimum atomic E-state index is -0.878. The molecule has 1 aromatic heterocycles. The van der Waals surface area contributed by atoms with Crippen LogP contribution in [0.4, 0.5) is 8.78 Å². The fourth-order valence-electron chi connectivity index (χ4n) is 2.40. The highest BCUT2D eigenvalue weighted by atomic mass is 19.1. The Hall–Kier alpha value is -1.82. The molecule has 3 rings (SSSR count). The summed E-state index contributed by atoms with van der Waals surface area (Å²) in [6, 6.07) is 1.12. The average Bonchev–Trinajstić information content (AvgIpc) is 2.84. The maximum Gasteiger partial charge on any atom is 0.162 e. The summed E-state index contributed by atoms with van der Waals surface area (Å²) in [4.78, 5) is 10.8. The molecule has 1 aliphatic heterocycles. The second-order valence-corrected chi connectivity index (χ2v) is 4.55. The van der Waals surface area contributed by atoms with E-state index < -0.39 is 17.2 Å². The number of nitrogens with zero attached hydrogens (tertiary/aromatic N) is 2. The van der Waals surface area contributed by atoms with E-state index in [0.29, 0.717) is 12.0 Å². The smallest absolute Gasteiger partial charge is 0.162 e. The van der Waals surface area contributed by atoms with Crippen molar-refractivity contribution in [2.24, 2.45) is 0 Å². The molecule has 0 spiro atoms. The molecule has 1 fully saturated rings. The summed E-state index contributed by atoms with van der Waals surface area (Å²) in [7, 11) is 0. The summed E-state index contributed by atoms with van der Waals surface area (Å²) >= 11 is 0. The highest BCUT2D eigenvalue weighted by Crippen LogP contribution is 2.29. The number of hydrogen-bond donors (Lipinski definition) is 0. The van der Waals surface area contributed by atoms with Gasteiger partial charge in [0.2, 0.25) is 0 Å². The first-order valence-electron chi connectivity index (χ1n) is 6.14. The summed E-state index contributed by atoms with van der Waals surface area (Å²) in [6.07, 6.45) is 3.87. The van der Waals surface area contributed by atoms with E-state index in [1.807, 2.05) is 0 Å². The number of benzene rings is 1. The Bertz CT molecular complexity index is 633. The number of carbonyl (C=O) groups excluding carboxylic acids is 1. The zero-order valence-corrected chi connectivity index (χ0v) is 10.1. The van der Waals surface area contributed by atoms with E-state index in [9.17, 15) is 13.6 Å². The summed E-state index contributed by atoms with van der Waals surface area (Å²) < 4.78 is 34.6. The first-order chi connectivity index (χ1) is 9.22. The largest absolute Gasteiger partial charge is 0.356 e. The third-order valence-corrected chi connectivity index (χ3v) is 3.35. The third-order valence-electron chi connectivity index (χ3n) is 3.35. The van der Waals surface area contributed by atoms with Gasteiger partial charge in [-0.2, -0.15) is 5.10 Å². The molecule has 6 heteroatoms. The van der Waals surface area contributed by atoms with Gasteiger partial charge in [-0.25, -0.2) is 13.5 Å². The van der Waals surface area contributed by atoms with Gasteiger partial charge in [-0.05, 0) is 25.3 Å². The zero-order chi connectivity index (χ0) is 13.4. The fraction of sp³-hybridized carbons (Fsp3) is 0.385. The van der Waals surface area contributed by atoms with Gasteiger partial charge >= 0.3 is 0 Å². The Balaban J connectivity index is 2.18. The zero-order valence-electron chi connectivity index (χ0n) is 10.1. The second kappa shape index (κ2) is 4.70. The van der Waals surface area contributed by atoms with Gasteiger partial charge in [-0.3, -0.25) is 4.79 Å². The number of fused-ring (bicyclic) bond motifs is 1. The lowest BCUT2D eigenvalue weighted by atomic mass is 10.1. The van der Waals surface area contributed by atoms with E-state index in [-0.39, 0.29) is 18.0 Å². The second-order valence-electron chi connectivity index (χ2n) is 4.55. The normalized spacial score (nSPS) is 19.8. The van der Waals surface area contributed by atoms with Gasteiger partial charge in [0.05, 0.1) is 11.8 Å². The molecule has 0 amide bonds. The predicted octanol–water partition coefficient (Wildman–Crippen LogP) is 2.83. The Morgan fingerprint density at radius 1 is 1.42 bits per heavy atom. The summed E-state index contributed by atoms with van der Waals surface area (Å²) in [5.41, 5.74) is -0.444. The van der Waals surface area contributed by atoms with E-state index in [2.05, 4.69) is 5.10 Å². The molecule has 0 bridgehead atoms. The summed E-state index contributed by atoms with van der Waals surface area (Å²) in [5.74, 6) is -1.75. The number of rotatable bonds is 2. The molecule has 0 N–H and O–H groups in total. The molecule has 19 heavy (non-hydrogen) atoms. The van der Waals surface area contributed by atoms with Crippen LogP contribution < -0.4 is 0 Å². The Labute approximate surface area is 108 Å². The van der Waals surface area contributed by atoms with Crippen molar-refractivity contribution in [3.63, 3.8) is 0 Å². The van der Waals surface area contributed by atoms with Gasteiger partial charge in [-0.15, -0.1) is 0 Å². The van der Waals surface area contributed by atoms with Crippen molar-refractivity contribution in [1.82, 2.24) is 9.78 Å². The molecule has 1 aromatic carbocycles. The highest BCUT2D eigenvalue weighted by Gasteiger charge is 2.23. The number of hydrogen-bond acceptors (Lipinski definition) is 3. The summed E-state index contributed by atoms with van der Waals surface area (Å²) in [6.45, 7) is 0.593. The maximum atomic E-state index is 14.2. The van der Waals surface area contributed by atoms with Crippen LogP contribution >= 0.6 is 0 Å².